The van der Waals surface area contributed by atoms with Crippen LogP contribution in [-0.2, 0) is 32.7 Å². The molecule has 2 atom stereocenters. The Labute approximate surface area is 358 Å². The van der Waals surface area contributed by atoms with Crippen LogP contribution in [0.1, 0.15) is 232 Å². The summed E-state index contributed by atoms with van der Waals surface area (Å²) in [5.74, 6) is -0.823. The molecule has 1 unspecified atom stereocenters. The Morgan fingerprint density at radius 2 is 0.879 bits per heavy atom. The minimum Gasteiger partial charge on any atom is -0.756 e. The van der Waals surface area contributed by atoms with Crippen LogP contribution in [0.15, 0.2) is 12.2 Å². The topological polar surface area (TPSA) is 111 Å². The lowest BCUT2D eigenvalue weighted by atomic mass is 10.0. The van der Waals surface area contributed by atoms with Gasteiger partial charge in [-0.1, -0.05) is 193 Å². The van der Waals surface area contributed by atoms with Crippen LogP contribution in [0.25, 0.3) is 0 Å². The number of quaternary nitrogens is 1. The smallest absolute Gasteiger partial charge is 0.306 e. The van der Waals surface area contributed by atoms with Gasteiger partial charge in [0.1, 0.15) is 19.8 Å². The monoisotopic (exact) mass is 844 g/mol. The van der Waals surface area contributed by atoms with Gasteiger partial charge in [0.15, 0.2) is 6.10 Å². The lowest BCUT2D eigenvalue weighted by molar-refractivity contribution is -0.870. The zero-order valence-corrected chi connectivity index (χ0v) is 39.7. The molecule has 344 valence electrons. The molecule has 0 radical (unpaired) electrons. The SMILES string of the molecule is CCCCCCCC/C=C\CCCCCCCCCCCCCC(=O)OC[C@H](COP(=O)([O-])OCC[N+](C)(C)C)OC(=O)CCCCCCCCCCCCCCC. The number of likely N-dealkylation sites (N-methyl/N-ethyl adjacent to an activating group) is 1. The fourth-order valence-corrected chi connectivity index (χ4v) is 7.67. The van der Waals surface area contributed by atoms with E-state index in [4.69, 9.17) is 18.5 Å². The van der Waals surface area contributed by atoms with Crippen molar-refractivity contribution in [1.29, 1.82) is 0 Å². The van der Waals surface area contributed by atoms with Crippen LogP contribution in [0, 0.1) is 0 Å². The van der Waals surface area contributed by atoms with Gasteiger partial charge in [-0.3, -0.25) is 14.2 Å². The van der Waals surface area contributed by atoms with E-state index in [1.165, 1.54) is 167 Å². The molecule has 0 aliphatic rings. The maximum absolute atomic E-state index is 12.7. The molecule has 0 aromatic heterocycles. The van der Waals surface area contributed by atoms with E-state index in [1.54, 1.807) is 0 Å². The van der Waals surface area contributed by atoms with Gasteiger partial charge >= 0.3 is 11.9 Å². The normalized spacial score (nSPS) is 13.6. The fourth-order valence-electron chi connectivity index (χ4n) is 6.95. The number of rotatable bonds is 45. The van der Waals surface area contributed by atoms with Crippen molar-refractivity contribution in [2.45, 2.75) is 238 Å². The number of allylic oxidation sites excluding steroid dienone is 2. The summed E-state index contributed by atoms with van der Waals surface area (Å²) in [4.78, 5) is 37.6. The van der Waals surface area contributed by atoms with Crippen molar-refractivity contribution in [1.82, 2.24) is 0 Å². The van der Waals surface area contributed by atoms with Crippen LogP contribution < -0.4 is 4.89 Å². The van der Waals surface area contributed by atoms with Crippen molar-refractivity contribution < 1.29 is 42.1 Å². The van der Waals surface area contributed by atoms with Crippen LogP contribution >= 0.6 is 7.82 Å². The van der Waals surface area contributed by atoms with Gasteiger partial charge in [0.25, 0.3) is 7.82 Å². The van der Waals surface area contributed by atoms with Crippen molar-refractivity contribution in [3.63, 3.8) is 0 Å². The number of hydrogen-bond donors (Lipinski definition) is 0. The summed E-state index contributed by atoms with van der Waals surface area (Å²) >= 11 is 0. The third kappa shape index (κ3) is 44.3. The first kappa shape index (κ1) is 56.8. The molecule has 10 heteroatoms. The molecule has 0 heterocycles. The number of nitrogens with zero attached hydrogens (tertiary/aromatic N) is 1. The maximum Gasteiger partial charge on any atom is 0.306 e. The Bertz CT molecular complexity index is 1000. The van der Waals surface area contributed by atoms with E-state index in [9.17, 15) is 19.0 Å². The summed E-state index contributed by atoms with van der Waals surface area (Å²) in [5.41, 5.74) is 0. The highest BCUT2D eigenvalue weighted by atomic mass is 31.2. The number of phosphoric ester groups is 1. The van der Waals surface area contributed by atoms with Gasteiger partial charge in [0.05, 0.1) is 27.7 Å². The van der Waals surface area contributed by atoms with Crippen LogP contribution in [0.5, 0.6) is 0 Å². The van der Waals surface area contributed by atoms with E-state index in [0.29, 0.717) is 17.4 Å². The van der Waals surface area contributed by atoms with Gasteiger partial charge in [-0.05, 0) is 38.5 Å². The number of esters is 2. The summed E-state index contributed by atoms with van der Waals surface area (Å²) in [6.45, 7) is 4.26. The zero-order valence-electron chi connectivity index (χ0n) is 38.8. The highest BCUT2D eigenvalue weighted by Gasteiger charge is 2.21. The van der Waals surface area contributed by atoms with Gasteiger partial charge < -0.3 is 27.9 Å². The molecule has 0 aromatic rings. The molecule has 0 fully saturated rings. The largest absolute Gasteiger partial charge is 0.756 e. The van der Waals surface area contributed by atoms with Crippen LogP contribution in [0.4, 0.5) is 0 Å². The average molecular weight is 844 g/mol. The third-order valence-corrected chi connectivity index (χ3v) is 11.7. The molecular weight excluding hydrogens is 750 g/mol. The van der Waals surface area contributed by atoms with Gasteiger partial charge in [-0.25, -0.2) is 0 Å². The summed E-state index contributed by atoms with van der Waals surface area (Å²) in [6.07, 6.45) is 43.8. The molecule has 9 nitrogen and oxygen atoms in total. The Morgan fingerprint density at radius 1 is 0.517 bits per heavy atom. The quantitative estimate of drug-likeness (QED) is 0.0196. The van der Waals surface area contributed by atoms with E-state index >= 15 is 0 Å². The highest BCUT2D eigenvalue weighted by molar-refractivity contribution is 7.45. The molecule has 0 saturated carbocycles. The van der Waals surface area contributed by atoms with Gasteiger partial charge in [0, 0.05) is 12.8 Å². The molecule has 0 saturated heterocycles. The molecule has 0 rings (SSSR count). The van der Waals surface area contributed by atoms with E-state index in [2.05, 4.69) is 26.0 Å². The summed E-state index contributed by atoms with van der Waals surface area (Å²) in [5, 5.41) is 0. The number of ether oxygens (including phenoxy) is 2. The summed E-state index contributed by atoms with van der Waals surface area (Å²) in [6, 6.07) is 0. The number of carbonyl (C=O) groups is 2. The molecule has 58 heavy (non-hydrogen) atoms. The maximum atomic E-state index is 12.7. The first-order valence-electron chi connectivity index (χ1n) is 24.4. The Hall–Kier alpha value is -1.25. The molecule has 0 aromatic carbocycles. The molecule has 0 aliphatic carbocycles. The standard InChI is InChI=1S/C48H94NO8P/c1-6-8-10-12-14-16-18-20-21-22-23-24-25-26-27-29-30-32-34-36-38-40-47(50)54-44-46(45-56-58(52,53)55-43-42-49(3,4)5)57-48(51)41-39-37-35-33-31-28-19-17-15-13-11-9-7-2/h20-21,46H,6-19,22-45H2,1-5H3/b21-20-/t46-/m1/s1. The van der Waals surface area contributed by atoms with Crippen molar-refractivity contribution in [2.24, 2.45) is 0 Å². The zero-order chi connectivity index (χ0) is 42.8. The van der Waals surface area contributed by atoms with Crippen molar-refractivity contribution in [2.75, 3.05) is 47.5 Å². The first-order valence-corrected chi connectivity index (χ1v) is 25.9. The predicted molar refractivity (Wildman–Crippen MR) is 241 cm³/mol. The highest BCUT2D eigenvalue weighted by Crippen LogP contribution is 2.38. The molecule has 0 spiro atoms. The van der Waals surface area contributed by atoms with Crippen LogP contribution in [0.2, 0.25) is 0 Å². The first-order chi connectivity index (χ1) is 28.0. The Balaban J connectivity index is 4.20. The summed E-state index contributed by atoms with van der Waals surface area (Å²) in [7, 11) is 1.18. The molecule has 0 amide bonds. The molecular formula is C48H94NO8P. The van der Waals surface area contributed by atoms with Gasteiger partial charge in [0.2, 0.25) is 0 Å². The van der Waals surface area contributed by atoms with E-state index < -0.39 is 26.5 Å². The van der Waals surface area contributed by atoms with Gasteiger partial charge in [-0.15, -0.1) is 0 Å². The van der Waals surface area contributed by atoms with Crippen LogP contribution in [0.3, 0.4) is 0 Å². The Morgan fingerprint density at radius 3 is 1.28 bits per heavy atom. The van der Waals surface area contributed by atoms with Crippen molar-refractivity contribution >= 4 is 19.8 Å². The number of hydrogen-bond acceptors (Lipinski definition) is 8. The minimum absolute atomic E-state index is 0.0273. The fraction of sp³-hybridized carbons (Fsp3) is 0.917. The molecule has 0 bridgehead atoms. The second-order valence-corrected chi connectivity index (χ2v) is 19.2. The second-order valence-electron chi connectivity index (χ2n) is 17.8. The predicted octanol–water partition coefficient (Wildman–Crippen LogP) is 13.5. The van der Waals surface area contributed by atoms with Crippen LogP contribution in [-0.4, -0.2) is 70.0 Å². The minimum atomic E-state index is -4.62. The van der Waals surface area contributed by atoms with E-state index in [1.807, 2.05) is 21.1 Å². The second kappa shape index (κ2) is 41.1. The van der Waals surface area contributed by atoms with Gasteiger partial charge in [-0.2, -0.15) is 0 Å². The lowest BCUT2D eigenvalue weighted by Crippen LogP contribution is -2.37. The third-order valence-electron chi connectivity index (χ3n) is 10.8. The van der Waals surface area contributed by atoms with Crippen molar-refractivity contribution in [3.8, 4) is 0 Å². The number of unbranched alkanes of at least 4 members (excludes halogenated alkanes) is 29. The average Bonchev–Trinajstić information content (AvgIpc) is 3.17. The Kier molecular flexibility index (Phi) is 40.2. The van der Waals surface area contributed by atoms with E-state index in [0.717, 1.165) is 32.1 Å². The number of phosphoric acid groups is 1. The van der Waals surface area contributed by atoms with Crippen molar-refractivity contribution in [3.05, 3.63) is 12.2 Å². The molecule has 0 N–H and O–H groups in total. The molecule has 0 aliphatic heterocycles. The van der Waals surface area contributed by atoms with E-state index in [-0.39, 0.29) is 32.0 Å². The summed E-state index contributed by atoms with van der Waals surface area (Å²) < 4.78 is 34.0. The number of carbonyl (C=O) groups excluding carboxylic acids is 2. The lowest BCUT2D eigenvalue weighted by Gasteiger charge is -2.28.